The maximum absolute atomic E-state index is 12.8. The third-order valence-electron chi connectivity index (χ3n) is 6.44. The highest BCUT2D eigenvalue weighted by Crippen LogP contribution is 2.19. The molecule has 2 heterocycles. The lowest BCUT2D eigenvalue weighted by molar-refractivity contribution is -0.131. The van der Waals surface area contributed by atoms with Crippen LogP contribution in [-0.4, -0.2) is 53.0 Å². The van der Waals surface area contributed by atoms with Gasteiger partial charge in [-0.15, -0.1) is 0 Å². The molecule has 1 fully saturated rings. The van der Waals surface area contributed by atoms with Crippen molar-refractivity contribution >= 4 is 22.8 Å². The van der Waals surface area contributed by atoms with E-state index in [-0.39, 0.29) is 11.8 Å². The zero-order valence-electron chi connectivity index (χ0n) is 20.0. The van der Waals surface area contributed by atoms with E-state index in [1.54, 1.807) is 19.2 Å². The second-order valence-electron chi connectivity index (χ2n) is 8.80. The van der Waals surface area contributed by atoms with Crippen molar-refractivity contribution in [3.63, 3.8) is 0 Å². The molecule has 34 heavy (non-hydrogen) atoms. The van der Waals surface area contributed by atoms with Crippen LogP contribution in [0.1, 0.15) is 54.7 Å². The van der Waals surface area contributed by atoms with E-state index in [4.69, 9.17) is 9.72 Å². The molecule has 7 heteroatoms. The van der Waals surface area contributed by atoms with E-state index in [0.29, 0.717) is 30.8 Å². The molecule has 0 spiro atoms. The van der Waals surface area contributed by atoms with Crippen molar-refractivity contribution in [3.05, 3.63) is 59.9 Å². The van der Waals surface area contributed by atoms with Crippen molar-refractivity contribution in [3.8, 4) is 5.75 Å². The van der Waals surface area contributed by atoms with E-state index in [1.807, 2.05) is 35.2 Å². The van der Waals surface area contributed by atoms with Gasteiger partial charge in [-0.05, 0) is 49.6 Å². The van der Waals surface area contributed by atoms with E-state index in [0.717, 1.165) is 55.6 Å². The van der Waals surface area contributed by atoms with Crippen molar-refractivity contribution in [2.24, 2.45) is 0 Å². The van der Waals surface area contributed by atoms with Gasteiger partial charge in [0.2, 0.25) is 5.91 Å². The first-order valence-corrected chi connectivity index (χ1v) is 12.3. The predicted octanol–water partition coefficient (Wildman–Crippen LogP) is 4.20. The Kier molecular flexibility index (Phi) is 8.17. The number of hydrogen-bond donors (Lipinski definition) is 1. The number of hydrogen-bond acceptors (Lipinski definition) is 4. The molecule has 3 aromatic rings. The lowest BCUT2D eigenvalue weighted by Crippen LogP contribution is -2.32. The maximum atomic E-state index is 12.8. The van der Waals surface area contributed by atoms with Gasteiger partial charge in [-0.2, -0.15) is 0 Å². The molecule has 180 valence electrons. The van der Waals surface area contributed by atoms with Crippen LogP contribution in [0.25, 0.3) is 11.0 Å². The van der Waals surface area contributed by atoms with E-state index in [1.165, 1.54) is 12.8 Å². The monoisotopic (exact) mass is 462 g/mol. The number of carbonyl (C=O) groups is 2. The summed E-state index contributed by atoms with van der Waals surface area (Å²) < 4.78 is 7.37. The largest absolute Gasteiger partial charge is 0.497 e. The van der Waals surface area contributed by atoms with Crippen molar-refractivity contribution in [2.45, 2.75) is 51.5 Å². The van der Waals surface area contributed by atoms with Gasteiger partial charge < -0.3 is 19.5 Å². The predicted molar refractivity (Wildman–Crippen MR) is 133 cm³/mol. The second-order valence-corrected chi connectivity index (χ2v) is 8.80. The Morgan fingerprint density at radius 3 is 2.62 bits per heavy atom. The van der Waals surface area contributed by atoms with Crippen LogP contribution < -0.4 is 10.1 Å². The number of nitrogens with one attached hydrogen (secondary N) is 1. The summed E-state index contributed by atoms with van der Waals surface area (Å²) in [7, 11) is 1.59. The van der Waals surface area contributed by atoms with Crippen LogP contribution in [0.4, 0.5) is 0 Å². The molecular weight excluding hydrogens is 428 g/mol. The molecule has 1 N–H and O–H groups in total. The highest BCUT2D eigenvalue weighted by atomic mass is 16.5. The first kappa shape index (κ1) is 23.8. The number of likely N-dealkylation sites (tertiary alicyclic amines) is 1. The third-order valence-corrected chi connectivity index (χ3v) is 6.44. The zero-order valence-corrected chi connectivity index (χ0v) is 20.0. The lowest BCUT2D eigenvalue weighted by Gasteiger charge is -2.20. The van der Waals surface area contributed by atoms with E-state index < -0.39 is 0 Å². The summed E-state index contributed by atoms with van der Waals surface area (Å²) in [5.41, 5.74) is 2.58. The number of amides is 2. The van der Waals surface area contributed by atoms with E-state index in [2.05, 4.69) is 16.0 Å². The van der Waals surface area contributed by atoms with Gasteiger partial charge >= 0.3 is 0 Å². The van der Waals surface area contributed by atoms with Crippen molar-refractivity contribution in [2.75, 3.05) is 26.7 Å². The Hall–Kier alpha value is -3.35. The van der Waals surface area contributed by atoms with Crippen LogP contribution in [0.3, 0.4) is 0 Å². The number of rotatable bonds is 9. The molecule has 1 aliphatic rings. The topological polar surface area (TPSA) is 76.5 Å². The van der Waals surface area contributed by atoms with Crippen LogP contribution in [0.5, 0.6) is 5.75 Å². The molecule has 0 unspecified atom stereocenters. The summed E-state index contributed by atoms with van der Waals surface area (Å²) in [5, 5.41) is 2.98. The maximum Gasteiger partial charge on any atom is 0.251 e. The van der Waals surface area contributed by atoms with Crippen LogP contribution in [0.15, 0.2) is 48.5 Å². The lowest BCUT2D eigenvalue weighted by atomic mass is 10.2. The molecular formula is C27H34N4O3. The summed E-state index contributed by atoms with van der Waals surface area (Å²) in [4.78, 5) is 32.2. The number of aromatic nitrogens is 2. The average Bonchev–Trinajstić information content (AvgIpc) is 3.02. The molecule has 0 bridgehead atoms. The van der Waals surface area contributed by atoms with Gasteiger partial charge in [0.15, 0.2) is 0 Å². The minimum absolute atomic E-state index is 0.115. The Balaban J connectivity index is 1.36. The molecule has 1 saturated heterocycles. The van der Waals surface area contributed by atoms with Gasteiger partial charge in [0.1, 0.15) is 11.6 Å². The summed E-state index contributed by atoms with van der Waals surface area (Å²) >= 11 is 0. The van der Waals surface area contributed by atoms with Gasteiger partial charge in [0, 0.05) is 44.6 Å². The molecule has 2 amide bonds. The minimum atomic E-state index is -0.115. The third kappa shape index (κ3) is 5.95. The number of ether oxygens (including phenoxy) is 1. The molecule has 0 radical (unpaired) electrons. The van der Waals surface area contributed by atoms with Gasteiger partial charge in [-0.1, -0.05) is 31.0 Å². The van der Waals surface area contributed by atoms with Crippen molar-refractivity contribution in [1.29, 1.82) is 0 Å². The quantitative estimate of drug-likeness (QED) is 0.484. The minimum Gasteiger partial charge on any atom is -0.497 e. The van der Waals surface area contributed by atoms with Crippen LogP contribution in [-0.2, 0) is 17.8 Å². The number of imidazole rings is 1. The van der Waals surface area contributed by atoms with Crippen LogP contribution >= 0.6 is 0 Å². The Morgan fingerprint density at radius 1 is 1.03 bits per heavy atom. The molecule has 4 rings (SSSR count). The number of methoxy groups -OCH3 is 1. The number of fused-ring (bicyclic) bond motifs is 1. The smallest absolute Gasteiger partial charge is 0.251 e. The number of aryl methyl sites for hydroxylation is 2. The van der Waals surface area contributed by atoms with Crippen LogP contribution in [0, 0.1) is 0 Å². The SMILES string of the molecule is COc1cccc(C(=O)NCCCc2nc3ccccc3n2CCC(=O)N2CCCCCC2)c1. The highest BCUT2D eigenvalue weighted by Gasteiger charge is 2.17. The summed E-state index contributed by atoms with van der Waals surface area (Å²) in [5.74, 6) is 1.74. The van der Waals surface area contributed by atoms with Crippen molar-refractivity contribution < 1.29 is 14.3 Å². The Labute approximate surface area is 201 Å². The normalized spacial score (nSPS) is 14.1. The summed E-state index contributed by atoms with van der Waals surface area (Å²) in [6.07, 6.45) is 6.62. The summed E-state index contributed by atoms with van der Waals surface area (Å²) in [6.45, 7) is 2.93. The molecule has 1 aliphatic heterocycles. The molecule has 2 aromatic carbocycles. The number of benzene rings is 2. The van der Waals surface area contributed by atoms with Gasteiger partial charge in [0.05, 0.1) is 18.1 Å². The Bertz CT molecular complexity index is 1120. The molecule has 7 nitrogen and oxygen atoms in total. The second kappa shape index (κ2) is 11.7. The fraction of sp³-hybridized carbons (Fsp3) is 0.444. The van der Waals surface area contributed by atoms with Gasteiger partial charge in [-0.3, -0.25) is 9.59 Å². The van der Waals surface area contributed by atoms with E-state index in [9.17, 15) is 9.59 Å². The molecule has 1 aromatic heterocycles. The first-order valence-electron chi connectivity index (χ1n) is 12.3. The zero-order chi connectivity index (χ0) is 23.8. The molecule has 0 saturated carbocycles. The van der Waals surface area contributed by atoms with Crippen molar-refractivity contribution in [1.82, 2.24) is 19.8 Å². The fourth-order valence-electron chi connectivity index (χ4n) is 4.57. The number of para-hydroxylation sites is 2. The number of nitrogens with zero attached hydrogens (tertiary/aromatic N) is 3. The first-order chi connectivity index (χ1) is 16.7. The van der Waals surface area contributed by atoms with E-state index >= 15 is 0 Å². The fourth-order valence-corrected chi connectivity index (χ4v) is 4.57. The van der Waals surface area contributed by atoms with Crippen LogP contribution in [0.2, 0.25) is 0 Å². The van der Waals surface area contributed by atoms with Gasteiger partial charge in [0.25, 0.3) is 5.91 Å². The molecule has 0 aliphatic carbocycles. The highest BCUT2D eigenvalue weighted by molar-refractivity contribution is 5.94. The summed E-state index contributed by atoms with van der Waals surface area (Å²) in [6, 6.07) is 15.2. The standard InChI is InChI=1S/C27H34N4O3/c1-34-22-11-8-10-21(20-22)27(33)28-16-9-14-25-29-23-12-4-5-13-24(23)31(25)19-15-26(32)30-17-6-2-3-7-18-30/h4-5,8,10-13,20H,2-3,6-7,9,14-19H2,1H3,(H,28,33). The average molecular weight is 463 g/mol. The Morgan fingerprint density at radius 2 is 1.82 bits per heavy atom. The number of carbonyl (C=O) groups excluding carboxylic acids is 2. The molecule has 0 atom stereocenters. The van der Waals surface area contributed by atoms with Gasteiger partial charge in [-0.25, -0.2) is 4.98 Å².